The van der Waals surface area contributed by atoms with Crippen LogP contribution in [0.2, 0.25) is 0 Å². The van der Waals surface area contributed by atoms with E-state index >= 15 is 0 Å². The van der Waals surface area contributed by atoms with Gasteiger partial charge in [-0.25, -0.2) is 0 Å². The molecule has 0 fully saturated rings. The monoisotopic (exact) mass is 189 g/mol. The normalized spacial score (nSPS) is 11.1. The summed E-state index contributed by atoms with van der Waals surface area (Å²) in [5.74, 6) is 0. The Balaban J connectivity index is 4.00. The predicted octanol–water partition coefficient (Wildman–Crippen LogP) is 3.28. The zero-order valence-electron chi connectivity index (χ0n) is 8.68. The summed E-state index contributed by atoms with van der Waals surface area (Å²) in [5, 5.41) is 4.10. The average molecular weight is 189 g/mol. The fourth-order valence-corrected chi connectivity index (χ4v) is 0.703. The summed E-state index contributed by atoms with van der Waals surface area (Å²) < 4.78 is 0. The molecule has 0 aliphatic carbocycles. The average Bonchev–Trinajstić information content (AvgIpc) is 2.06. The fourth-order valence-electron chi connectivity index (χ4n) is 0.591. The van der Waals surface area contributed by atoms with E-state index in [1.807, 2.05) is 20.1 Å². The molecule has 0 radical (unpaired) electrons. The van der Waals surface area contributed by atoms with E-state index in [0.29, 0.717) is 0 Å². The minimum Gasteiger partial charge on any atom is -0.379 e. The van der Waals surface area contributed by atoms with Crippen LogP contribution in [0.5, 0.6) is 0 Å². The Kier molecular flexibility index (Phi) is 5.38. The highest BCUT2D eigenvalue weighted by Crippen LogP contribution is 2.22. The SMILES string of the molecule is CCC(CC)=NOC(C)(C)SC. The molecule has 0 spiro atoms. The predicted molar refractivity (Wildman–Crippen MR) is 56.7 cm³/mol. The molecule has 0 heterocycles. The van der Waals surface area contributed by atoms with Crippen molar-refractivity contribution in [2.24, 2.45) is 5.16 Å². The molecule has 0 rings (SSSR count). The summed E-state index contributed by atoms with van der Waals surface area (Å²) in [5.41, 5.74) is 1.12. The number of rotatable bonds is 5. The maximum atomic E-state index is 5.37. The maximum Gasteiger partial charge on any atom is 0.177 e. The molecule has 0 unspecified atom stereocenters. The maximum absolute atomic E-state index is 5.37. The summed E-state index contributed by atoms with van der Waals surface area (Å²) in [7, 11) is 0. The molecule has 0 aromatic rings. The number of hydrogen-bond acceptors (Lipinski definition) is 3. The van der Waals surface area contributed by atoms with Crippen molar-refractivity contribution in [3.8, 4) is 0 Å². The van der Waals surface area contributed by atoms with E-state index < -0.39 is 0 Å². The van der Waals surface area contributed by atoms with Gasteiger partial charge in [0.05, 0.1) is 5.71 Å². The third-order valence-corrected chi connectivity index (χ3v) is 2.76. The Hall–Kier alpha value is -0.180. The lowest BCUT2D eigenvalue weighted by Gasteiger charge is -2.19. The second-order valence-corrected chi connectivity index (χ2v) is 4.45. The molecule has 0 aliphatic rings. The van der Waals surface area contributed by atoms with E-state index in [-0.39, 0.29) is 4.93 Å². The molecule has 72 valence electrons. The highest BCUT2D eigenvalue weighted by atomic mass is 32.2. The minimum absolute atomic E-state index is 0.199. The molecule has 0 bridgehead atoms. The molecule has 3 heteroatoms. The van der Waals surface area contributed by atoms with Crippen LogP contribution in [0.4, 0.5) is 0 Å². The lowest BCUT2D eigenvalue weighted by molar-refractivity contribution is 0.0579. The second kappa shape index (κ2) is 5.46. The van der Waals surface area contributed by atoms with Crippen molar-refractivity contribution in [2.45, 2.75) is 45.5 Å². The van der Waals surface area contributed by atoms with Crippen molar-refractivity contribution >= 4 is 17.5 Å². The molecule has 0 N–H and O–H groups in total. The number of hydrogen-bond donors (Lipinski definition) is 0. The Morgan fingerprint density at radius 3 is 2.17 bits per heavy atom. The summed E-state index contributed by atoms with van der Waals surface area (Å²) in [4.78, 5) is 5.17. The first-order valence-corrected chi connectivity index (χ1v) is 5.57. The largest absolute Gasteiger partial charge is 0.379 e. The van der Waals surface area contributed by atoms with E-state index in [0.717, 1.165) is 18.6 Å². The van der Waals surface area contributed by atoms with Gasteiger partial charge < -0.3 is 4.84 Å². The lowest BCUT2D eigenvalue weighted by Crippen LogP contribution is -2.16. The molecule has 0 amide bonds. The van der Waals surface area contributed by atoms with E-state index in [9.17, 15) is 0 Å². The number of thioether (sulfide) groups is 1. The lowest BCUT2D eigenvalue weighted by atomic mass is 10.2. The van der Waals surface area contributed by atoms with Crippen LogP contribution < -0.4 is 0 Å². The quantitative estimate of drug-likeness (QED) is 0.376. The van der Waals surface area contributed by atoms with Gasteiger partial charge >= 0.3 is 0 Å². The van der Waals surface area contributed by atoms with Gasteiger partial charge in [-0.3, -0.25) is 0 Å². The summed E-state index contributed by atoms with van der Waals surface area (Å²) in [6, 6.07) is 0. The molecule has 2 nitrogen and oxygen atoms in total. The van der Waals surface area contributed by atoms with Crippen LogP contribution in [0.25, 0.3) is 0 Å². The summed E-state index contributed by atoms with van der Waals surface area (Å²) >= 11 is 1.66. The van der Waals surface area contributed by atoms with Gasteiger partial charge in [0.25, 0.3) is 0 Å². The second-order valence-electron chi connectivity index (χ2n) is 3.06. The van der Waals surface area contributed by atoms with E-state index in [1.54, 1.807) is 11.8 Å². The van der Waals surface area contributed by atoms with Gasteiger partial charge in [-0.05, 0) is 32.9 Å². The van der Waals surface area contributed by atoms with E-state index in [4.69, 9.17) is 4.84 Å². The van der Waals surface area contributed by atoms with E-state index in [2.05, 4.69) is 19.0 Å². The highest BCUT2D eigenvalue weighted by Gasteiger charge is 2.16. The van der Waals surface area contributed by atoms with Gasteiger partial charge in [-0.15, -0.1) is 11.8 Å². The number of nitrogens with zero attached hydrogens (tertiary/aromatic N) is 1. The Morgan fingerprint density at radius 1 is 1.33 bits per heavy atom. The van der Waals surface area contributed by atoms with Crippen LogP contribution in [0.3, 0.4) is 0 Å². The third kappa shape index (κ3) is 4.65. The van der Waals surface area contributed by atoms with Crippen LogP contribution >= 0.6 is 11.8 Å². The van der Waals surface area contributed by atoms with Crippen molar-refractivity contribution in [2.75, 3.05) is 6.26 Å². The van der Waals surface area contributed by atoms with Gasteiger partial charge in [-0.1, -0.05) is 19.0 Å². The van der Waals surface area contributed by atoms with Crippen LogP contribution in [-0.4, -0.2) is 16.9 Å². The van der Waals surface area contributed by atoms with Gasteiger partial charge in [0, 0.05) is 0 Å². The molecule has 12 heavy (non-hydrogen) atoms. The first-order chi connectivity index (χ1) is 5.55. The molecule has 0 saturated heterocycles. The Bertz CT molecular complexity index is 149. The topological polar surface area (TPSA) is 21.6 Å². The zero-order valence-corrected chi connectivity index (χ0v) is 9.49. The fraction of sp³-hybridized carbons (Fsp3) is 0.889. The van der Waals surface area contributed by atoms with Gasteiger partial charge in [0.1, 0.15) is 0 Å². The zero-order chi connectivity index (χ0) is 9.61. The van der Waals surface area contributed by atoms with Crippen molar-refractivity contribution < 1.29 is 4.84 Å². The third-order valence-electron chi connectivity index (χ3n) is 1.70. The summed E-state index contributed by atoms with van der Waals surface area (Å²) in [6.07, 6.45) is 3.97. The number of oxime groups is 1. The van der Waals surface area contributed by atoms with Crippen molar-refractivity contribution in [1.82, 2.24) is 0 Å². The highest BCUT2D eigenvalue weighted by molar-refractivity contribution is 7.99. The molecule has 0 aromatic carbocycles. The molecule has 0 aliphatic heterocycles. The molecular weight excluding hydrogens is 170 g/mol. The Labute approximate surface area is 79.7 Å². The van der Waals surface area contributed by atoms with Gasteiger partial charge in [0.2, 0.25) is 0 Å². The van der Waals surface area contributed by atoms with E-state index in [1.165, 1.54) is 0 Å². The smallest absolute Gasteiger partial charge is 0.177 e. The molecule has 0 saturated carbocycles. The molecule has 0 atom stereocenters. The minimum atomic E-state index is -0.199. The van der Waals surface area contributed by atoms with Gasteiger partial charge in [0.15, 0.2) is 4.93 Å². The van der Waals surface area contributed by atoms with Crippen LogP contribution in [0, 0.1) is 0 Å². The first-order valence-electron chi connectivity index (χ1n) is 4.34. The molecular formula is C9H19NOS. The van der Waals surface area contributed by atoms with Crippen LogP contribution in [-0.2, 0) is 4.84 Å². The molecule has 0 aromatic heterocycles. The van der Waals surface area contributed by atoms with Crippen molar-refractivity contribution in [3.05, 3.63) is 0 Å². The van der Waals surface area contributed by atoms with Gasteiger partial charge in [-0.2, -0.15) is 0 Å². The van der Waals surface area contributed by atoms with Crippen LogP contribution in [0.1, 0.15) is 40.5 Å². The van der Waals surface area contributed by atoms with Crippen molar-refractivity contribution in [1.29, 1.82) is 0 Å². The standard InChI is InChI=1S/C9H19NOS/c1-6-8(7-2)10-11-9(3,4)12-5/h6-7H2,1-5H3. The Morgan fingerprint density at radius 2 is 1.83 bits per heavy atom. The summed E-state index contributed by atoms with van der Waals surface area (Å²) in [6.45, 7) is 8.23. The van der Waals surface area contributed by atoms with Crippen molar-refractivity contribution in [3.63, 3.8) is 0 Å². The first kappa shape index (κ1) is 11.8. The van der Waals surface area contributed by atoms with Crippen LogP contribution in [0.15, 0.2) is 5.16 Å².